The Morgan fingerprint density at radius 3 is 2.78 bits per heavy atom. The number of hydrogen-bond acceptors (Lipinski definition) is 3. The average molecular weight is 305 g/mol. The van der Waals surface area contributed by atoms with E-state index in [1.54, 1.807) is 18.2 Å². The second kappa shape index (κ2) is 5.93. The molecular formula is C18H15N3O2. The van der Waals surface area contributed by atoms with Gasteiger partial charge in [-0.15, -0.1) is 0 Å². The van der Waals surface area contributed by atoms with Gasteiger partial charge in [0.25, 0.3) is 0 Å². The van der Waals surface area contributed by atoms with E-state index < -0.39 is 11.8 Å². The Kier molecular flexibility index (Phi) is 3.82. The molecule has 1 N–H and O–H groups in total. The van der Waals surface area contributed by atoms with Crippen LogP contribution in [0, 0.1) is 11.3 Å². The average Bonchev–Trinajstić information content (AvgIpc) is 2.90. The SMILES string of the molecule is CC1Cc2ccccc2N1C(=O)C(=O)Nc1cccc(C#N)c1. The Morgan fingerprint density at radius 1 is 1.22 bits per heavy atom. The predicted octanol–water partition coefficient (Wildman–Crippen LogP) is 2.47. The van der Waals surface area contributed by atoms with Gasteiger partial charge in [0.15, 0.2) is 0 Å². The van der Waals surface area contributed by atoms with Crippen molar-refractivity contribution in [3.63, 3.8) is 0 Å². The molecule has 23 heavy (non-hydrogen) atoms. The highest BCUT2D eigenvalue weighted by Gasteiger charge is 2.34. The third kappa shape index (κ3) is 2.79. The number of nitriles is 1. The Labute approximate surface area is 134 Å². The zero-order valence-corrected chi connectivity index (χ0v) is 12.6. The largest absolute Gasteiger partial charge is 0.318 e. The number of rotatable bonds is 1. The summed E-state index contributed by atoms with van der Waals surface area (Å²) in [5, 5.41) is 11.4. The van der Waals surface area contributed by atoms with Crippen molar-refractivity contribution in [3.8, 4) is 6.07 Å². The van der Waals surface area contributed by atoms with E-state index >= 15 is 0 Å². The summed E-state index contributed by atoms with van der Waals surface area (Å²) < 4.78 is 0. The third-order valence-electron chi connectivity index (χ3n) is 3.87. The van der Waals surface area contributed by atoms with Crippen LogP contribution in [0.5, 0.6) is 0 Å². The summed E-state index contributed by atoms with van der Waals surface area (Å²) >= 11 is 0. The molecule has 2 amide bonds. The van der Waals surface area contributed by atoms with Crippen LogP contribution in [0.4, 0.5) is 11.4 Å². The molecule has 5 nitrogen and oxygen atoms in total. The normalized spacial score (nSPS) is 15.7. The maximum Gasteiger partial charge on any atom is 0.316 e. The van der Waals surface area contributed by atoms with E-state index in [0.717, 1.165) is 17.7 Å². The summed E-state index contributed by atoms with van der Waals surface area (Å²) in [5.41, 5.74) is 2.70. The van der Waals surface area contributed by atoms with Crippen molar-refractivity contribution in [1.29, 1.82) is 5.26 Å². The maximum absolute atomic E-state index is 12.5. The van der Waals surface area contributed by atoms with Gasteiger partial charge in [0.05, 0.1) is 11.6 Å². The number of nitrogens with zero attached hydrogens (tertiary/aromatic N) is 2. The predicted molar refractivity (Wildman–Crippen MR) is 86.9 cm³/mol. The zero-order valence-electron chi connectivity index (χ0n) is 12.6. The first-order valence-electron chi connectivity index (χ1n) is 7.33. The molecule has 0 bridgehead atoms. The molecule has 1 aliphatic rings. The first-order chi connectivity index (χ1) is 11.1. The van der Waals surface area contributed by atoms with Crippen molar-refractivity contribution in [3.05, 3.63) is 59.7 Å². The number of nitrogens with one attached hydrogen (secondary N) is 1. The van der Waals surface area contributed by atoms with Crippen LogP contribution in [0.1, 0.15) is 18.1 Å². The molecule has 3 rings (SSSR count). The summed E-state index contributed by atoms with van der Waals surface area (Å²) in [7, 11) is 0. The summed E-state index contributed by atoms with van der Waals surface area (Å²) in [6, 6.07) is 16.0. The lowest BCUT2D eigenvalue weighted by atomic mass is 10.1. The zero-order chi connectivity index (χ0) is 16.4. The van der Waals surface area contributed by atoms with Crippen LogP contribution in [0.25, 0.3) is 0 Å². The van der Waals surface area contributed by atoms with Crippen molar-refractivity contribution in [2.24, 2.45) is 0 Å². The van der Waals surface area contributed by atoms with Gasteiger partial charge in [-0.05, 0) is 43.2 Å². The van der Waals surface area contributed by atoms with Crippen LogP contribution in [-0.2, 0) is 16.0 Å². The van der Waals surface area contributed by atoms with E-state index in [-0.39, 0.29) is 6.04 Å². The molecule has 0 spiro atoms. The molecule has 2 aromatic carbocycles. The number of benzene rings is 2. The number of carbonyl (C=O) groups excluding carboxylic acids is 2. The monoisotopic (exact) mass is 305 g/mol. The fraction of sp³-hybridized carbons (Fsp3) is 0.167. The third-order valence-corrected chi connectivity index (χ3v) is 3.87. The maximum atomic E-state index is 12.5. The molecule has 0 saturated heterocycles. The van der Waals surface area contributed by atoms with Crippen molar-refractivity contribution in [2.75, 3.05) is 10.2 Å². The minimum Gasteiger partial charge on any atom is -0.318 e. The summed E-state index contributed by atoms with van der Waals surface area (Å²) in [4.78, 5) is 26.3. The molecule has 0 aliphatic carbocycles. The molecule has 0 fully saturated rings. The van der Waals surface area contributed by atoms with Gasteiger partial charge in [-0.1, -0.05) is 24.3 Å². The van der Waals surface area contributed by atoms with Gasteiger partial charge in [0, 0.05) is 17.4 Å². The first kappa shape index (κ1) is 14.8. The molecule has 0 aromatic heterocycles. The lowest BCUT2D eigenvalue weighted by molar-refractivity contribution is -0.134. The fourth-order valence-electron chi connectivity index (χ4n) is 2.84. The highest BCUT2D eigenvalue weighted by atomic mass is 16.2. The lowest BCUT2D eigenvalue weighted by Crippen LogP contribution is -2.43. The van der Waals surface area contributed by atoms with Crippen molar-refractivity contribution >= 4 is 23.2 Å². The summed E-state index contributed by atoms with van der Waals surface area (Å²) in [6.07, 6.45) is 0.735. The van der Waals surface area contributed by atoms with Gasteiger partial charge < -0.3 is 10.2 Å². The van der Waals surface area contributed by atoms with Crippen LogP contribution in [0.3, 0.4) is 0 Å². The van der Waals surface area contributed by atoms with E-state index in [1.807, 2.05) is 37.3 Å². The molecule has 1 unspecified atom stereocenters. The van der Waals surface area contributed by atoms with E-state index in [2.05, 4.69) is 5.32 Å². The Hall–Kier alpha value is -3.13. The van der Waals surface area contributed by atoms with E-state index in [1.165, 1.54) is 11.0 Å². The van der Waals surface area contributed by atoms with Gasteiger partial charge in [0.1, 0.15) is 0 Å². The highest BCUT2D eigenvalue weighted by Crippen LogP contribution is 2.31. The lowest BCUT2D eigenvalue weighted by Gasteiger charge is -2.22. The topological polar surface area (TPSA) is 73.2 Å². The number of anilines is 2. The van der Waals surface area contributed by atoms with E-state index in [9.17, 15) is 9.59 Å². The standard InChI is InChI=1S/C18H15N3O2/c1-12-9-14-6-2-3-8-16(14)21(12)18(23)17(22)20-15-7-4-5-13(10-15)11-19/h2-8,10,12H,9H2,1H3,(H,20,22). The number of carbonyl (C=O) groups is 2. The van der Waals surface area contributed by atoms with Crippen LogP contribution < -0.4 is 10.2 Å². The fourth-order valence-corrected chi connectivity index (χ4v) is 2.84. The minimum absolute atomic E-state index is 0.0592. The molecule has 5 heteroatoms. The number of para-hydroxylation sites is 1. The van der Waals surface area contributed by atoms with Gasteiger partial charge in [0.2, 0.25) is 0 Å². The molecule has 0 radical (unpaired) electrons. The van der Waals surface area contributed by atoms with Gasteiger partial charge in [-0.25, -0.2) is 0 Å². The first-order valence-corrected chi connectivity index (χ1v) is 7.33. The van der Waals surface area contributed by atoms with Gasteiger partial charge in [-0.3, -0.25) is 9.59 Å². The van der Waals surface area contributed by atoms with Crippen LogP contribution in [-0.4, -0.2) is 17.9 Å². The summed E-state index contributed by atoms with van der Waals surface area (Å²) in [5.74, 6) is -1.30. The van der Waals surface area contributed by atoms with E-state index in [0.29, 0.717) is 11.3 Å². The minimum atomic E-state index is -0.705. The van der Waals surface area contributed by atoms with Crippen LogP contribution in [0.2, 0.25) is 0 Å². The van der Waals surface area contributed by atoms with Gasteiger partial charge in [-0.2, -0.15) is 5.26 Å². The van der Waals surface area contributed by atoms with Crippen LogP contribution >= 0.6 is 0 Å². The van der Waals surface area contributed by atoms with Crippen LogP contribution in [0.15, 0.2) is 48.5 Å². The number of amides is 2. The van der Waals surface area contributed by atoms with Crippen molar-refractivity contribution < 1.29 is 9.59 Å². The second-order valence-electron chi connectivity index (χ2n) is 5.50. The van der Waals surface area contributed by atoms with E-state index in [4.69, 9.17) is 5.26 Å². The molecule has 1 aliphatic heterocycles. The molecule has 1 heterocycles. The summed E-state index contributed by atoms with van der Waals surface area (Å²) in [6.45, 7) is 1.92. The molecule has 2 aromatic rings. The van der Waals surface area contributed by atoms with Crippen molar-refractivity contribution in [2.45, 2.75) is 19.4 Å². The second-order valence-corrected chi connectivity index (χ2v) is 5.50. The Bertz CT molecular complexity index is 823. The molecular weight excluding hydrogens is 290 g/mol. The Morgan fingerprint density at radius 2 is 2.00 bits per heavy atom. The highest BCUT2D eigenvalue weighted by molar-refractivity contribution is 6.44. The molecule has 114 valence electrons. The molecule has 0 saturated carbocycles. The molecule has 1 atom stereocenters. The van der Waals surface area contributed by atoms with Crippen molar-refractivity contribution in [1.82, 2.24) is 0 Å². The Balaban J connectivity index is 1.80. The number of fused-ring (bicyclic) bond motifs is 1. The van der Waals surface area contributed by atoms with Gasteiger partial charge >= 0.3 is 11.8 Å². The smallest absolute Gasteiger partial charge is 0.316 e. The quantitative estimate of drug-likeness (QED) is 0.823. The number of hydrogen-bond donors (Lipinski definition) is 1.